The molecule has 0 spiro atoms. The molecular formula is C17H15FN2O3S. The van der Waals surface area contributed by atoms with Gasteiger partial charge < -0.3 is 9.73 Å². The van der Waals surface area contributed by atoms with Crippen LogP contribution in [-0.2, 0) is 16.4 Å². The Kier molecular flexibility index (Phi) is 4.35. The Hall–Kier alpha value is -2.67. The van der Waals surface area contributed by atoms with Gasteiger partial charge in [0.25, 0.3) is 0 Å². The van der Waals surface area contributed by atoms with Crippen LogP contribution in [0.3, 0.4) is 0 Å². The molecule has 0 amide bonds. The van der Waals surface area contributed by atoms with E-state index >= 15 is 0 Å². The largest absolute Gasteiger partial charge is 0.424 e. The van der Waals surface area contributed by atoms with Crippen LogP contribution in [0, 0.1) is 12.7 Å². The van der Waals surface area contributed by atoms with Crippen LogP contribution in [0.25, 0.3) is 0 Å². The molecule has 0 atom stereocenters. The molecule has 0 aliphatic heterocycles. The third kappa shape index (κ3) is 3.30. The second-order valence-electron chi connectivity index (χ2n) is 5.16. The van der Waals surface area contributed by atoms with Crippen LogP contribution in [0.2, 0.25) is 0 Å². The van der Waals surface area contributed by atoms with E-state index in [1.54, 1.807) is 6.92 Å². The first-order chi connectivity index (χ1) is 11.5. The molecule has 0 saturated heterocycles. The Labute approximate surface area is 139 Å². The number of anilines is 1. The predicted molar refractivity (Wildman–Crippen MR) is 86.9 cm³/mol. The van der Waals surface area contributed by atoms with Crippen LogP contribution < -0.4 is 5.32 Å². The van der Waals surface area contributed by atoms with Crippen LogP contribution in [0.5, 0.6) is 0 Å². The molecule has 124 valence electrons. The Morgan fingerprint density at radius 1 is 1.08 bits per heavy atom. The third-order valence-corrected chi connectivity index (χ3v) is 5.06. The van der Waals surface area contributed by atoms with E-state index in [9.17, 15) is 12.8 Å². The van der Waals surface area contributed by atoms with Gasteiger partial charge in [-0.3, -0.25) is 0 Å². The van der Waals surface area contributed by atoms with Gasteiger partial charge in [-0.1, -0.05) is 30.3 Å². The number of oxazole rings is 1. The van der Waals surface area contributed by atoms with Gasteiger partial charge in [-0.25, -0.2) is 12.8 Å². The van der Waals surface area contributed by atoms with Gasteiger partial charge in [0.05, 0.1) is 4.90 Å². The average molecular weight is 346 g/mol. The Morgan fingerprint density at radius 3 is 2.42 bits per heavy atom. The lowest BCUT2D eigenvalue weighted by molar-refractivity contribution is 0.531. The lowest BCUT2D eigenvalue weighted by atomic mass is 10.2. The van der Waals surface area contributed by atoms with Crippen LogP contribution in [0.15, 0.2) is 68.9 Å². The van der Waals surface area contributed by atoms with Crippen molar-refractivity contribution in [2.75, 3.05) is 5.32 Å². The van der Waals surface area contributed by atoms with Crippen molar-refractivity contribution >= 4 is 15.7 Å². The van der Waals surface area contributed by atoms with Crippen molar-refractivity contribution in [2.45, 2.75) is 23.4 Å². The molecule has 0 aliphatic rings. The zero-order valence-corrected chi connectivity index (χ0v) is 13.7. The molecule has 1 aromatic heterocycles. The molecule has 7 heteroatoms. The van der Waals surface area contributed by atoms with Gasteiger partial charge in [0.15, 0.2) is 5.89 Å². The van der Waals surface area contributed by atoms with Gasteiger partial charge in [-0.15, -0.1) is 0 Å². The van der Waals surface area contributed by atoms with Crippen molar-refractivity contribution in [3.05, 3.63) is 71.9 Å². The van der Waals surface area contributed by atoms with Crippen molar-refractivity contribution in [1.29, 1.82) is 0 Å². The first-order valence-electron chi connectivity index (χ1n) is 7.23. The van der Waals surface area contributed by atoms with E-state index in [1.165, 1.54) is 12.1 Å². The molecule has 0 saturated carbocycles. The third-order valence-electron chi connectivity index (χ3n) is 3.38. The van der Waals surface area contributed by atoms with Crippen molar-refractivity contribution in [1.82, 2.24) is 4.98 Å². The van der Waals surface area contributed by atoms with Gasteiger partial charge in [-0.2, -0.15) is 4.98 Å². The van der Waals surface area contributed by atoms with Crippen molar-refractivity contribution in [3.8, 4) is 0 Å². The van der Waals surface area contributed by atoms with Gasteiger partial charge in [0.1, 0.15) is 5.82 Å². The van der Waals surface area contributed by atoms with Crippen LogP contribution >= 0.6 is 0 Å². The number of benzene rings is 2. The van der Waals surface area contributed by atoms with E-state index in [2.05, 4.69) is 10.3 Å². The van der Waals surface area contributed by atoms with Crippen molar-refractivity contribution < 1.29 is 17.2 Å². The Morgan fingerprint density at radius 2 is 1.75 bits per heavy atom. The maximum Gasteiger partial charge on any atom is 0.233 e. The molecule has 0 bridgehead atoms. The van der Waals surface area contributed by atoms with Crippen molar-refractivity contribution in [3.63, 3.8) is 0 Å². The van der Waals surface area contributed by atoms with Gasteiger partial charge >= 0.3 is 0 Å². The Balaban J connectivity index is 1.92. The monoisotopic (exact) mass is 346 g/mol. The Bertz CT molecular complexity index is 936. The predicted octanol–water partition coefficient (Wildman–Crippen LogP) is 3.57. The summed E-state index contributed by atoms with van der Waals surface area (Å²) in [5, 5.41) is 2.75. The van der Waals surface area contributed by atoms with E-state index in [4.69, 9.17) is 4.42 Å². The molecule has 0 radical (unpaired) electrons. The highest BCUT2D eigenvalue weighted by Gasteiger charge is 2.27. The number of aryl methyl sites for hydroxylation is 1. The fourth-order valence-electron chi connectivity index (χ4n) is 2.21. The SMILES string of the molecule is Cc1nc(S(=O)(=O)c2ccc(F)cc2)c(NCc2ccccc2)o1. The standard InChI is InChI=1S/C17H15FN2O3S/c1-12-20-17(24(21,22)15-9-7-14(18)8-10-15)16(23-12)19-11-13-5-3-2-4-6-13/h2-10,19H,11H2,1H3. The second kappa shape index (κ2) is 6.45. The van der Waals surface area contributed by atoms with Crippen LogP contribution in [-0.4, -0.2) is 13.4 Å². The lowest BCUT2D eigenvalue weighted by Crippen LogP contribution is -2.07. The highest BCUT2D eigenvalue weighted by molar-refractivity contribution is 7.91. The molecule has 5 nitrogen and oxygen atoms in total. The molecule has 24 heavy (non-hydrogen) atoms. The number of nitrogens with one attached hydrogen (secondary N) is 1. The molecule has 1 N–H and O–H groups in total. The molecule has 0 fully saturated rings. The van der Waals surface area contributed by atoms with Gasteiger partial charge in [0, 0.05) is 13.5 Å². The first-order valence-corrected chi connectivity index (χ1v) is 8.71. The molecule has 3 aromatic rings. The van der Waals surface area contributed by atoms with E-state index in [0.29, 0.717) is 6.54 Å². The summed E-state index contributed by atoms with van der Waals surface area (Å²) in [5.74, 6) is -0.209. The highest BCUT2D eigenvalue weighted by Crippen LogP contribution is 2.28. The van der Waals surface area contributed by atoms with E-state index < -0.39 is 15.7 Å². The summed E-state index contributed by atoms with van der Waals surface area (Å²) < 4.78 is 43.8. The maximum absolute atomic E-state index is 13.0. The quantitative estimate of drug-likeness (QED) is 0.715. The summed E-state index contributed by atoms with van der Waals surface area (Å²) in [4.78, 5) is 3.94. The molecule has 0 unspecified atom stereocenters. The summed E-state index contributed by atoms with van der Waals surface area (Å²) in [6, 6.07) is 14.1. The topological polar surface area (TPSA) is 72.2 Å². The molecule has 0 aliphatic carbocycles. The maximum atomic E-state index is 13.0. The van der Waals surface area contributed by atoms with Gasteiger partial charge in [-0.05, 0) is 29.8 Å². The number of hydrogen-bond donors (Lipinski definition) is 1. The van der Waals surface area contributed by atoms with Gasteiger partial charge in [0.2, 0.25) is 20.7 Å². The van der Waals surface area contributed by atoms with Crippen molar-refractivity contribution in [2.24, 2.45) is 0 Å². The minimum absolute atomic E-state index is 0.0417. The van der Waals surface area contributed by atoms with E-state index in [1.807, 2.05) is 30.3 Å². The molecule has 2 aromatic carbocycles. The molecular weight excluding hydrogens is 331 g/mol. The van der Waals surface area contributed by atoms with Crippen LogP contribution in [0.1, 0.15) is 11.5 Å². The first kappa shape index (κ1) is 16.2. The number of hydrogen-bond acceptors (Lipinski definition) is 5. The zero-order valence-electron chi connectivity index (χ0n) is 12.9. The number of sulfone groups is 1. The minimum atomic E-state index is -3.90. The summed E-state index contributed by atoms with van der Waals surface area (Å²) in [5.41, 5.74) is 0.969. The van der Waals surface area contributed by atoms with E-state index in [0.717, 1.165) is 17.7 Å². The molecule has 3 rings (SSSR count). The highest BCUT2D eigenvalue weighted by atomic mass is 32.2. The number of halogens is 1. The number of rotatable bonds is 5. The second-order valence-corrected chi connectivity index (χ2v) is 7.03. The van der Waals surface area contributed by atoms with Crippen LogP contribution in [0.4, 0.5) is 10.3 Å². The van der Waals surface area contributed by atoms with E-state index in [-0.39, 0.29) is 21.7 Å². The summed E-state index contributed by atoms with van der Waals surface area (Å²) in [6.45, 7) is 1.96. The number of aromatic nitrogens is 1. The fraction of sp³-hybridized carbons (Fsp3) is 0.118. The molecule has 1 heterocycles. The smallest absolute Gasteiger partial charge is 0.233 e. The minimum Gasteiger partial charge on any atom is -0.424 e. The lowest BCUT2D eigenvalue weighted by Gasteiger charge is -2.06. The zero-order chi connectivity index (χ0) is 17.2. The number of nitrogens with zero attached hydrogens (tertiary/aromatic N) is 1. The summed E-state index contributed by atoms with van der Waals surface area (Å²) in [7, 11) is -3.90. The normalized spacial score (nSPS) is 11.4. The average Bonchev–Trinajstić information content (AvgIpc) is 2.96. The summed E-state index contributed by atoms with van der Waals surface area (Å²) in [6.07, 6.45) is 0. The fourth-order valence-corrected chi connectivity index (χ4v) is 3.53. The summed E-state index contributed by atoms with van der Waals surface area (Å²) >= 11 is 0.